The van der Waals surface area contributed by atoms with E-state index < -0.39 is 5.41 Å². The number of nitrogens with two attached hydrogens (primary N) is 1. The second-order valence-corrected chi connectivity index (χ2v) is 5.34. The van der Waals surface area contributed by atoms with Crippen LogP contribution in [0.3, 0.4) is 0 Å². The van der Waals surface area contributed by atoms with Gasteiger partial charge in [0.2, 0.25) is 5.91 Å². The zero-order valence-electron chi connectivity index (χ0n) is 10.7. The summed E-state index contributed by atoms with van der Waals surface area (Å²) in [5.74, 6) is -0.0514. The Bertz CT molecular complexity index is 490. The second kappa shape index (κ2) is 4.68. The standard InChI is InChI=1S/C12H18N4OS/c1-8-9(7-16(2)15-8)6-14-11(17)12(10(13)18)4-3-5-12/h7H,3-6H2,1-2H3,(H2,13,18)(H,14,17). The molecule has 1 saturated carbocycles. The average molecular weight is 266 g/mol. The van der Waals surface area contributed by atoms with E-state index in [1.165, 1.54) is 0 Å². The normalized spacial score (nSPS) is 17.0. The maximum atomic E-state index is 12.2. The zero-order valence-corrected chi connectivity index (χ0v) is 11.5. The fraction of sp³-hybridized carbons (Fsp3) is 0.583. The number of amides is 1. The van der Waals surface area contributed by atoms with E-state index in [1.54, 1.807) is 4.68 Å². The molecule has 1 aromatic rings. The lowest BCUT2D eigenvalue weighted by atomic mass is 9.68. The molecule has 0 aliphatic heterocycles. The summed E-state index contributed by atoms with van der Waals surface area (Å²) in [6, 6.07) is 0. The van der Waals surface area contributed by atoms with Crippen molar-refractivity contribution in [1.82, 2.24) is 15.1 Å². The van der Waals surface area contributed by atoms with Crippen LogP contribution in [0.25, 0.3) is 0 Å². The first-order valence-electron chi connectivity index (χ1n) is 6.03. The quantitative estimate of drug-likeness (QED) is 0.791. The van der Waals surface area contributed by atoms with Crippen molar-refractivity contribution < 1.29 is 4.79 Å². The molecule has 2 rings (SSSR count). The molecule has 0 bridgehead atoms. The molecular formula is C12H18N4OS. The van der Waals surface area contributed by atoms with Crippen molar-refractivity contribution in [2.45, 2.75) is 32.7 Å². The molecule has 0 saturated heterocycles. The van der Waals surface area contributed by atoms with Crippen molar-refractivity contribution in [1.29, 1.82) is 0 Å². The first-order valence-corrected chi connectivity index (χ1v) is 6.44. The molecule has 1 heterocycles. The number of aromatic nitrogens is 2. The van der Waals surface area contributed by atoms with Crippen LogP contribution in [-0.2, 0) is 18.4 Å². The van der Waals surface area contributed by atoms with Crippen LogP contribution < -0.4 is 11.1 Å². The number of nitrogens with zero attached hydrogens (tertiary/aromatic N) is 2. The SMILES string of the molecule is Cc1nn(C)cc1CNC(=O)C1(C(N)=S)CCC1. The highest BCUT2D eigenvalue weighted by atomic mass is 32.1. The highest BCUT2D eigenvalue weighted by molar-refractivity contribution is 7.80. The number of aryl methyl sites for hydroxylation is 2. The van der Waals surface area contributed by atoms with Crippen LogP contribution in [0, 0.1) is 12.3 Å². The number of carbonyl (C=O) groups excluding carboxylic acids is 1. The molecule has 1 amide bonds. The number of hydrogen-bond acceptors (Lipinski definition) is 3. The van der Waals surface area contributed by atoms with Gasteiger partial charge in [0.15, 0.2) is 0 Å². The van der Waals surface area contributed by atoms with Gasteiger partial charge in [0.25, 0.3) is 0 Å². The smallest absolute Gasteiger partial charge is 0.233 e. The molecule has 3 N–H and O–H groups in total. The summed E-state index contributed by atoms with van der Waals surface area (Å²) in [5.41, 5.74) is 7.03. The lowest BCUT2D eigenvalue weighted by Gasteiger charge is -2.39. The average Bonchev–Trinajstić information content (AvgIpc) is 2.52. The van der Waals surface area contributed by atoms with Crippen molar-refractivity contribution in [2.75, 3.05) is 0 Å². The van der Waals surface area contributed by atoms with E-state index in [4.69, 9.17) is 18.0 Å². The minimum Gasteiger partial charge on any atom is -0.392 e. The molecule has 18 heavy (non-hydrogen) atoms. The van der Waals surface area contributed by atoms with Gasteiger partial charge in [-0.05, 0) is 19.8 Å². The van der Waals surface area contributed by atoms with Crippen molar-refractivity contribution in [2.24, 2.45) is 18.2 Å². The van der Waals surface area contributed by atoms with Gasteiger partial charge in [0.05, 0.1) is 16.1 Å². The molecule has 6 heteroatoms. The third-order valence-corrected chi connectivity index (χ3v) is 4.06. The van der Waals surface area contributed by atoms with Gasteiger partial charge >= 0.3 is 0 Å². The minimum atomic E-state index is -0.606. The monoisotopic (exact) mass is 266 g/mol. The fourth-order valence-electron chi connectivity index (χ4n) is 2.28. The molecule has 1 aromatic heterocycles. The van der Waals surface area contributed by atoms with Crippen LogP contribution in [0.2, 0.25) is 0 Å². The topological polar surface area (TPSA) is 72.9 Å². The van der Waals surface area contributed by atoms with Crippen molar-refractivity contribution in [3.63, 3.8) is 0 Å². The number of nitrogens with one attached hydrogen (secondary N) is 1. The van der Waals surface area contributed by atoms with Crippen LogP contribution in [0.1, 0.15) is 30.5 Å². The third-order valence-electron chi connectivity index (χ3n) is 3.67. The van der Waals surface area contributed by atoms with E-state index >= 15 is 0 Å². The number of thiocarbonyl (C=S) groups is 1. The Morgan fingerprint density at radius 3 is 2.72 bits per heavy atom. The molecule has 0 radical (unpaired) electrons. The Hall–Kier alpha value is -1.43. The maximum Gasteiger partial charge on any atom is 0.233 e. The number of rotatable bonds is 4. The summed E-state index contributed by atoms with van der Waals surface area (Å²) in [6.45, 7) is 2.40. The highest BCUT2D eigenvalue weighted by Crippen LogP contribution is 2.41. The minimum absolute atomic E-state index is 0.0514. The summed E-state index contributed by atoms with van der Waals surface area (Å²) in [7, 11) is 1.86. The van der Waals surface area contributed by atoms with E-state index in [-0.39, 0.29) is 5.91 Å². The van der Waals surface area contributed by atoms with E-state index in [2.05, 4.69) is 10.4 Å². The molecule has 0 aromatic carbocycles. The first kappa shape index (κ1) is 13.0. The van der Waals surface area contributed by atoms with E-state index in [0.29, 0.717) is 11.5 Å². The molecule has 1 aliphatic carbocycles. The van der Waals surface area contributed by atoms with Gasteiger partial charge in [-0.15, -0.1) is 0 Å². The summed E-state index contributed by atoms with van der Waals surface area (Å²) in [6.07, 6.45) is 4.45. The number of carbonyl (C=O) groups is 1. The van der Waals surface area contributed by atoms with E-state index in [0.717, 1.165) is 30.5 Å². The fourth-order valence-corrected chi connectivity index (χ4v) is 2.58. The van der Waals surface area contributed by atoms with Crippen LogP contribution in [0.15, 0.2) is 6.20 Å². The predicted octanol–water partition coefficient (Wildman–Crippen LogP) is 0.801. The van der Waals surface area contributed by atoms with E-state index in [9.17, 15) is 4.79 Å². The molecule has 0 unspecified atom stereocenters. The Balaban J connectivity index is 2.00. The lowest BCUT2D eigenvalue weighted by Crippen LogP contribution is -2.52. The van der Waals surface area contributed by atoms with Crippen LogP contribution in [0.4, 0.5) is 0 Å². The van der Waals surface area contributed by atoms with Crippen molar-refractivity contribution in [3.05, 3.63) is 17.5 Å². The summed E-state index contributed by atoms with van der Waals surface area (Å²) in [4.78, 5) is 12.5. The maximum absolute atomic E-state index is 12.2. The lowest BCUT2D eigenvalue weighted by molar-refractivity contribution is -0.131. The second-order valence-electron chi connectivity index (χ2n) is 4.90. The zero-order chi connectivity index (χ0) is 13.3. The molecule has 5 nitrogen and oxygen atoms in total. The van der Waals surface area contributed by atoms with Gasteiger partial charge in [-0.3, -0.25) is 9.48 Å². The van der Waals surface area contributed by atoms with Gasteiger partial charge in [-0.2, -0.15) is 5.10 Å². The molecule has 1 fully saturated rings. The predicted molar refractivity (Wildman–Crippen MR) is 72.9 cm³/mol. The van der Waals surface area contributed by atoms with Crippen LogP contribution >= 0.6 is 12.2 Å². The first-order chi connectivity index (χ1) is 8.45. The molecule has 0 atom stereocenters. The van der Waals surface area contributed by atoms with Gasteiger partial charge in [0.1, 0.15) is 0 Å². The number of hydrogen-bond donors (Lipinski definition) is 2. The van der Waals surface area contributed by atoms with Gasteiger partial charge in [0, 0.05) is 25.4 Å². The Morgan fingerprint density at radius 2 is 2.33 bits per heavy atom. The summed E-state index contributed by atoms with van der Waals surface area (Å²) < 4.78 is 1.74. The highest BCUT2D eigenvalue weighted by Gasteiger charge is 2.46. The third kappa shape index (κ3) is 2.12. The van der Waals surface area contributed by atoms with Gasteiger partial charge < -0.3 is 11.1 Å². The van der Waals surface area contributed by atoms with Crippen LogP contribution in [0.5, 0.6) is 0 Å². The molecule has 0 spiro atoms. The van der Waals surface area contributed by atoms with Gasteiger partial charge in [-0.25, -0.2) is 0 Å². The Kier molecular flexibility index (Phi) is 3.38. The summed E-state index contributed by atoms with van der Waals surface area (Å²) >= 11 is 5.02. The van der Waals surface area contributed by atoms with Gasteiger partial charge in [-0.1, -0.05) is 18.6 Å². The molecule has 1 aliphatic rings. The summed E-state index contributed by atoms with van der Waals surface area (Å²) in [5, 5.41) is 7.15. The van der Waals surface area contributed by atoms with Crippen LogP contribution in [-0.4, -0.2) is 20.7 Å². The molecule has 98 valence electrons. The Morgan fingerprint density at radius 1 is 1.67 bits per heavy atom. The molecular weight excluding hydrogens is 248 g/mol. The van der Waals surface area contributed by atoms with E-state index in [1.807, 2.05) is 20.2 Å². The van der Waals surface area contributed by atoms with Crippen molar-refractivity contribution >= 4 is 23.1 Å². The Labute approximate surface area is 112 Å². The largest absolute Gasteiger partial charge is 0.392 e. The van der Waals surface area contributed by atoms with Crippen molar-refractivity contribution in [3.8, 4) is 0 Å².